The summed E-state index contributed by atoms with van der Waals surface area (Å²) in [6, 6.07) is 3.19. The van der Waals surface area contributed by atoms with Gasteiger partial charge >= 0.3 is 0 Å². The Labute approximate surface area is 120 Å². The minimum atomic E-state index is -3.55. The van der Waals surface area contributed by atoms with Crippen LogP contribution in [0, 0.1) is 5.92 Å². The van der Waals surface area contributed by atoms with Crippen LogP contribution in [0.1, 0.15) is 18.6 Å². The van der Waals surface area contributed by atoms with Crippen molar-refractivity contribution in [3.05, 3.63) is 17.9 Å². The van der Waals surface area contributed by atoms with E-state index in [0.29, 0.717) is 25.5 Å². The summed E-state index contributed by atoms with van der Waals surface area (Å²) in [6.07, 6.45) is 1.99. The summed E-state index contributed by atoms with van der Waals surface area (Å²) in [5.41, 5.74) is 0. The van der Waals surface area contributed by atoms with Crippen molar-refractivity contribution in [2.24, 2.45) is 5.92 Å². The maximum atomic E-state index is 12.4. The van der Waals surface area contributed by atoms with Crippen molar-refractivity contribution in [3.63, 3.8) is 0 Å². The fourth-order valence-corrected chi connectivity index (χ4v) is 3.50. The number of hydrogen-bond acceptors (Lipinski definition) is 5. The molecule has 1 N–H and O–H groups in total. The van der Waals surface area contributed by atoms with Crippen LogP contribution in [-0.4, -0.2) is 46.6 Å². The van der Waals surface area contributed by atoms with Crippen LogP contribution in [0.4, 0.5) is 0 Å². The van der Waals surface area contributed by atoms with Gasteiger partial charge < -0.3 is 14.5 Å². The van der Waals surface area contributed by atoms with Crippen molar-refractivity contribution in [1.82, 2.24) is 9.62 Å². The Balaban J connectivity index is 2.03. The third-order valence-electron chi connectivity index (χ3n) is 3.42. The Hall–Kier alpha value is -0.890. The fourth-order valence-electron chi connectivity index (χ4n) is 2.33. The van der Waals surface area contributed by atoms with Gasteiger partial charge in [0.25, 0.3) is 10.0 Å². The van der Waals surface area contributed by atoms with Crippen molar-refractivity contribution in [1.29, 1.82) is 0 Å². The first-order valence-corrected chi connectivity index (χ1v) is 8.25. The highest BCUT2D eigenvalue weighted by atomic mass is 32.2. The van der Waals surface area contributed by atoms with Crippen molar-refractivity contribution in [3.8, 4) is 0 Å². The molecule has 1 atom stereocenters. The lowest BCUT2D eigenvalue weighted by Gasteiger charge is -2.26. The molecule has 0 saturated carbocycles. The average molecular weight is 302 g/mol. The van der Waals surface area contributed by atoms with E-state index in [2.05, 4.69) is 5.32 Å². The van der Waals surface area contributed by atoms with E-state index < -0.39 is 10.0 Å². The summed E-state index contributed by atoms with van der Waals surface area (Å²) >= 11 is 0. The van der Waals surface area contributed by atoms with Crippen LogP contribution in [0.5, 0.6) is 0 Å². The van der Waals surface area contributed by atoms with Gasteiger partial charge in [-0.2, -0.15) is 4.31 Å². The zero-order valence-corrected chi connectivity index (χ0v) is 12.8. The van der Waals surface area contributed by atoms with Crippen molar-refractivity contribution in [2.45, 2.75) is 24.5 Å². The van der Waals surface area contributed by atoms with Crippen LogP contribution < -0.4 is 5.32 Å². The van der Waals surface area contributed by atoms with Gasteiger partial charge in [-0.1, -0.05) is 0 Å². The number of nitrogens with zero attached hydrogens (tertiary/aromatic N) is 1. The normalized spacial score (nSPS) is 20.4. The van der Waals surface area contributed by atoms with Crippen LogP contribution >= 0.6 is 0 Å². The van der Waals surface area contributed by atoms with Gasteiger partial charge in [0.15, 0.2) is 0 Å². The first-order valence-electron chi connectivity index (χ1n) is 6.81. The summed E-state index contributed by atoms with van der Waals surface area (Å²) in [6.45, 7) is 2.38. The van der Waals surface area contributed by atoms with Crippen LogP contribution in [0.25, 0.3) is 0 Å². The van der Waals surface area contributed by atoms with Crippen LogP contribution in [-0.2, 0) is 21.3 Å². The molecule has 1 unspecified atom stereocenters. The van der Waals surface area contributed by atoms with E-state index in [1.165, 1.54) is 10.4 Å². The Bertz CT molecular complexity index is 520. The molecule has 1 aliphatic rings. The smallest absolute Gasteiger partial charge is 0.276 e. The highest BCUT2D eigenvalue weighted by Crippen LogP contribution is 2.21. The Morgan fingerprint density at radius 3 is 2.90 bits per heavy atom. The van der Waals surface area contributed by atoms with E-state index in [4.69, 9.17) is 9.15 Å². The molecule has 1 aromatic rings. The molecule has 1 saturated heterocycles. The predicted molar refractivity (Wildman–Crippen MR) is 74.8 cm³/mol. The number of ether oxygens (including phenoxy) is 1. The SMILES string of the molecule is CNCc1ccc(S(=O)(=O)N(C)CC2CCCOC2)o1. The summed E-state index contributed by atoms with van der Waals surface area (Å²) in [4.78, 5) is 0. The maximum Gasteiger partial charge on any atom is 0.276 e. The molecule has 114 valence electrons. The maximum absolute atomic E-state index is 12.4. The van der Waals surface area contributed by atoms with Gasteiger partial charge in [-0.25, -0.2) is 8.42 Å². The number of nitrogens with one attached hydrogen (secondary N) is 1. The molecular formula is C13H22N2O4S. The van der Waals surface area contributed by atoms with E-state index in [9.17, 15) is 8.42 Å². The highest BCUT2D eigenvalue weighted by molar-refractivity contribution is 7.89. The van der Waals surface area contributed by atoms with Crippen LogP contribution in [0.3, 0.4) is 0 Å². The highest BCUT2D eigenvalue weighted by Gasteiger charge is 2.27. The summed E-state index contributed by atoms with van der Waals surface area (Å²) in [7, 11) is -0.181. The van der Waals surface area contributed by atoms with E-state index in [-0.39, 0.29) is 11.0 Å². The lowest BCUT2D eigenvalue weighted by Crippen LogP contribution is -2.35. The molecule has 7 heteroatoms. The van der Waals surface area contributed by atoms with E-state index in [1.54, 1.807) is 20.2 Å². The molecule has 1 aliphatic heterocycles. The first kappa shape index (κ1) is 15.5. The summed E-state index contributed by atoms with van der Waals surface area (Å²) in [5.74, 6) is 0.871. The number of rotatable bonds is 6. The van der Waals surface area contributed by atoms with Crippen LogP contribution in [0.2, 0.25) is 0 Å². The fraction of sp³-hybridized carbons (Fsp3) is 0.692. The number of hydrogen-bond donors (Lipinski definition) is 1. The topological polar surface area (TPSA) is 71.8 Å². The minimum Gasteiger partial charge on any atom is -0.447 e. The Morgan fingerprint density at radius 2 is 2.25 bits per heavy atom. The molecule has 6 nitrogen and oxygen atoms in total. The van der Waals surface area contributed by atoms with Crippen molar-refractivity contribution in [2.75, 3.05) is 33.9 Å². The molecule has 20 heavy (non-hydrogen) atoms. The van der Waals surface area contributed by atoms with E-state index >= 15 is 0 Å². The zero-order chi connectivity index (χ0) is 14.6. The van der Waals surface area contributed by atoms with E-state index in [1.807, 2.05) is 0 Å². The number of sulfonamides is 1. The molecule has 0 spiro atoms. The molecule has 2 heterocycles. The Kier molecular flexibility index (Phi) is 5.20. The third kappa shape index (κ3) is 3.60. The molecule has 1 aromatic heterocycles. The molecular weight excluding hydrogens is 280 g/mol. The Morgan fingerprint density at radius 1 is 1.45 bits per heavy atom. The number of furan rings is 1. The molecule has 2 rings (SSSR count). The van der Waals surface area contributed by atoms with Crippen LogP contribution in [0.15, 0.2) is 21.6 Å². The van der Waals surface area contributed by atoms with Gasteiger partial charge in [0, 0.05) is 20.2 Å². The van der Waals surface area contributed by atoms with Crippen molar-refractivity contribution >= 4 is 10.0 Å². The van der Waals surface area contributed by atoms with Gasteiger partial charge in [0.2, 0.25) is 5.09 Å². The molecule has 1 fully saturated rings. The predicted octanol–water partition coefficient (Wildman–Crippen LogP) is 1.05. The quantitative estimate of drug-likeness (QED) is 0.850. The lowest BCUT2D eigenvalue weighted by atomic mass is 10.0. The van der Waals surface area contributed by atoms with Gasteiger partial charge in [0.1, 0.15) is 5.76 Å². The lowest BCUT2D eigenvalue weighted by molar-refractivity contribution is 0.0494. The minimum absolute atomic E-state index is 0.00183. The molecule has 0 radical (unpaired) electrons. The van der Waals surface area contributed by atoms with Gasteiger partial charge in [-0.05, 0) is 37.9 Å². The standard InChI is InChI=1S/C13H22N2O4S/c1-14-8-12-5-6-13(19-12)20(16,17)15(2)9-11-4-3-7-18-10-11/h5-6,11,14H,3-4,7-10H2,1-2H3. The van der Waals surface area contributed by atoms with Crippen molar-refractivity contribution < 1.29 is 17.6 Å². The summed E-state index contributed by atoms with van der Waals surface area (Å²) < 4.78 is 36.9. The molecule has 0 aromatic carbocycles. The second-order valence-corrected chi connectivity index (χ2v) is 7.10. The largest absolute Gasteiger partial charge is 0.447 e. The average Bonchev–Trinajstić information content (AvgIpc) is 2.89. The third-order valence-corrected chi connectivity index (χ3v) is 5.12. The molecule has 0 amide bonds. The second kappa shape index (κ2) is 6.71. The zero-order valence-electron chi connectivity index (χ0n) is 12.0. The summed E-state index contributed by atoms with van der Waals surface area (Å²) in [5, 5.41) is 2.93. The molecule has 0 aliphatic carbocycles. The first-order chi connectivity index (χ1) is 9.54. The van der Waals surface area contributed by atoms with Gasteiger partial charge in [-0.15, -0.1) is 0 Å². The second-order valence-electron chi connectivity index (χ2n) is 5.12. The van der Waals surface area contributed by atoms with Gasteiger partial charge in [-0.3, -0.25) is 0 Å². The monoisotopic (exact) mass is 302 g/mol. The van der Waals surface area contributed by atoms with Gasteiger partial charge in [0.05, 0.1) is 13.2 Å². The molecule has 0 bridgehead atoms. The van der Waals surface area contributed by atoms with E-state index in [0.717, 1.165) is 19.4 Å².